The average Bonchev–Trinajstić information content (AvgIpc) is 3.00. The molecule has 3 rings (SSSR count). The summed E-state index contributed by atoms with van der Waals surface area (Å²) >= 11 is 0. The summed E-state index contributed by atoms with van der Waals surface area (Å²) in [5, 5.41) is 11.2. The minimum absolute atomic E-state index is 0. The lowest BCUT2D eigenvalue weighted by atomic mass is 9.97. The van der Waals surface area contributed by atoms with Crippen molar-refractivity contribution in [2.75, 3.05) is 20.1 Å². The maximum atomic E-state index is 12.3. The van der Waals surface area contributed by atoms with Gasteiger partial charge in [-0.2, -0.15) is 5.10 Å². The van der Waals surface area contributed by atoms with Crippen LogP contribution in [0.5, 0.6) is 0 Å². The molecule has 0 spiro atoms. The van der Waals surface area contributed by atoms with Crippen molar-refractivity contribution in [1.82, 2.24) is 25.0 Å². The van der Waals surface area contributed by atoms with Crippen LogP contribution in [0, 0.1) is 0 Å². The van der Waals surface area contributed by atoms with Crippen molar-refractivity contribution in [3.63, 3.8) is 0 Å². The lowest BCUT2D eigenvalue weighted by Crippen LogP contribution is -2.38. The molecule has 1 aliphatic carbocycles. The second-order valence-electron chi connectivity index (χ2n) is 7.17. The Morgan fingerprint density at radius 1 is 1.19 bits per heavy atom. The van der Waals surface area contributed by atoms with Gasteiger partial charge in [-0.1, -0.05) is 11.6 Å². The summed E-state index contributed by atoms with van der Waals surface area (Å²) in [6.45, 7) is 3.16. The summed E-state index contributed by atoms with van der Waals surface area (Å²) in [4.78, 5) is 16.6. The highest BCUT2D eigenvalue weighted by Gasteiger charge is 2.16. The molecule has 0 radical (unpaired) electrons. The zero-order chi connectivity index (χ0) is 18.2. The SMILES string of the molecule is CN=C(NCCCn1nc2n(c1=O)CCCC2)NCCC1=CCCCC1.I. The van der Waals surface area contributed by atoms with E-state index in [1.807, 2.05) is 4.57 Å². The summed E-state index contributed by atoms with van der Waals surface area (Å²) in [5.41, 5.74) is 1.62. The summed E-state index contributed by atoms with van der Waals surface area (Å²) in [6.07, 6.45) is 12.6. The molecule has 0 atom stereocenters. The molecule has 0 aromatic carbocycles. The maximum Gasteiger partial charge on any atom is 0.345 e. The molecule has 0 bridgehead atoms. The van der Waals surface area contributed by atoms with E-state index < -0.39 is 0 Å². The third kappa shape index (κ3) is 6.36. The number of aliphatic imine (C=N–C) groups is 1. The van der Waals surface area contributed by atoms with Crippen molar-refractivity contribution < 1.29 is 0 Å². The number of hydrogen-bond acceptors (Lipinski definition) is 3. The number of fused-ring (bicyclic) bond motifs is 1. The van der Waals surface area contributed by atoms with Crippen LogP contribution in [-0.4, -0.2) is 40.4 Å². The average molecular weight is 488 g/mol. The van der Waals surface area contributed by atoms with Gasteiger partial charge < -0.3 is 10.6 Å². The van der Waals surface area contributed by atoms with Crippen LogP contribution in [0.15, 0.2) is 21.4 Å². The fourth-order valence-electron chi connectivity index (χ4n) is 3.72. The van der Waals surface area contributed by atoms with Crippen LogP contribution in [0.4, 0.5) is 0 Å². The third-order valence-corrected chi connectivity index (χ3v) is 5.22. The summed E-state index contributed by atoms with van der Waals surface area (Å²) in [7, 11) is 1.79. The van der Waals surface area contributed by atoms with Crippen LogP contribution >= 0.6 is 24.0 Å². The lowest BCUT2D eigenvalue weighted by Gasteiger charge is -2.15. The molecule has 1 aromatic rings. The van der Waals surface area contributed by atoms with Crippen LogP contribution < -0.4 is 16.3 Å². The van der Waals surface area contributed by atoms with Gasteiger partial charge in [0.2, 0.25) is 0 Å². The number of aryl methyl sites for hydroxylation is 2. The fraction of sp³-hybridized carbons (Fsp3) is 0.737. The first-order valence-corrected chi connectivity index (χ1v) is 10.1. The van der Waals surface area contributed by atoms with Gasteiger partial charge in [-0.3, -0.25) is 9.56 Å². The van der Waals surface area contributed by atoms with E-state index in [2.05, 4.69) is 26.8 Å². The van der Waals surface area contributed by atoms with Crippen LogP contribution in [-0.2, 0) is 19.5 Å². The van der Waals surface area contributed by atoms with E-state index in [1.54, 1.807) is 17.3 Å². The zero-order valence-corrected chi connectivity index (χ0v) is 18.7. The number of allylic oxidation sites excluding steroid dienone is 1. The Hall–Kier alpha value is -1.32. The quantitative estimate of drug-likeness (QED) is 0.203. The van der Waals surface area contributed by atoms with Crippen LogP contribution in [0.3, 0.4) is 0 Å². The predicted molar refractivity (Wildman–Crippen MR) is 120 cm³/mol. The largest absolute Gasteiger partial charge is 0.356 e. The molecular weight excluding hydrogens is 455 g/mol. The van der Waals surface area contributed by atoms with E-state index in [-0.39, 0.29) is 29.7 Å². The van der Waals surface area contributed by atoms with Crippen molar-refractivity contribution >= 4 is 29.9 Å². The first kappa shape index (κ1) is 22.0. The molecule has 1 aromatic heterocycles. The van der Waals surface area contributed by atoms with Crippen molar-refractivity contribution in [1.29, 1.82) is 0 Å². The Morgan fingerprint density at radius 2 is 2.00 bits per heavy atom. The van der Waals surface area contributed by atoms with Gasteiger partial charge in [-0.15, -0.1) is 24.0 Å². The molecule has 152 valence electrons. The molecule has 7 nitrogen and oxygen atoms in total. The Labute approximate surface area is 178 Å². The molecule has 0 unspecified atom stereocenters. The Balaban J connectivity index is 0.00000261. The lowest BCUT2D eigenvalue weighted by molar-refractivity contribution is 0.509. The van der Waals surface area contributed by atoms with Gasteiger partial charge in [0.1, 0.15) is 5.82 Å². The van der Waals surface area contributed by atoms with E-state index in [1.165, 1.54) is 25.7 Å². The summed E-state index contributed by atoms with van der Waals surface area (Å²) < 4.78 is 3.45. The van der Waals surface area contributed by atoms with E-state index in [0.717, 1.165) is 63.5 Å². The molecule has 2 N–H and O–H groups in total. The molecule has 0 fully saturated rings. The normalized spacial score (nSPS) is 16.9. The highest BCUT2D eigenvalue weighted by atomic mass is 127. The molecule has 0 saturated carbocycles. The van der Waals surface area contributed by atoms with Gasteiger partial charge in [0, 0.05) is 39.6 Å². The highest BCUT2D eigenvalue weighted by molar-refractivity contribution is 14.0. The topological polar surface area (TPSA) is 76.2 Å². The van der Waals surface area contributed by atoms with Crippen molar-refractivity contribution in [2.45, 2.75) is 70.9 Å². The monoisotopic (exact) mass is 488 g/mol. The minimum Gasteiger partial charge on any atom is -0.356 e. The molecule has 0 saturated heterocycles. The van der Waals surface area contributed by atoms with Crippen LogP contribution in [0.25, 0.3) is 0 Å². The Kier molecular flexibility index (Phi) is 9.36. The van der Waals surface area contributed by atoms with E-state index in [4.69, 9.17) is 0 Å². The van der Waals surface area contributed by atoms with Gasteiger partial charge in [0.05, 0.1) is 0 Å². The minimum atomic E-state index is 0. The second-order valence-corrected chi connectivity index (χ2v) is 7.17. The van der Waals surface area contributed by atoms with E-state index in [9.17, 15) is 4.79 Å². The number of nitrogens with zero attached hydrogens (tertiary/aromatic N) is 4. The maximum absolute atomic E-state index is 12.3. The fourth-order valence-corrected chi connectivity index (χ4v) is 3.72. The summed E-state index contributed by atoms with van der Waals surface area (Å²) in [5.74, 6) is 1.78. The van der Waals surface area contributed by atoms with Gasteiger partial charge in [-0.25, -0.2) is 9.48 Å². The number of nitrogens with one attached hydrogen (secondary N) is 2. The molecule has 0 amide bonds. The smallest absolute Gasteiger partial charge is 0.345 e. The number of aromatic nitrogens is 3. The van der Waals surface area contributed by atoms with Crippen LogP contribution in [0.1, 0.15) is 57.2 Å². The molecule has 2 heterocycles. The van der Waals surface area contributed by atoms with E-state index in [0.29, 0.717) is 6.54 Å². The van der Waals surface area contributed by atoms with E-state index >= 15 is 0 Å². The predicted octanol–water partition coefficient (Wildman–Crippen LogP) is 2.44. The third-order valence-electron chi connectivity index (χ3n) is 5.22. The number of guanidine groups is 1. The molecular formula is C19H33IN6O. The van der Waals surface area contributed by atoms with Crippen molar-refractivity contribution in [3.05, 3.63) is 28.0 Å². The highest BCUT2D eigenvalue weighted by Crippen LogP contribution is 2.19. The molecule has 2 aliphatic rings. The van der Waals surface area contributed by atoms with Gasteiger partial charge >= 0.3 is 5.69 Å². The molecule has 27 heavy (non-hydrogen) atoms. The second kappa shape index (κ2) is 11.5. The first-order valence-electron chi connectivity index (χ1n) is 10.1. The van der Waals surface area contributed by atoms with Gasteiger partial charge in [0.15, 0.2) is 5.96 Å². The van der Waals surface area contributed by atoms with Crippen molar-refractivity contribution in [2.24, 2.45) is 4.99 Å². The number of halogens is 1. The van der Waals surface area contributed by atoms with Gasteiger partial charge in [0.25, 0.3) is 0 Å². The van der Waals surface area contributed by atoms with Gasteiger partial charge in [-0.05, 0) is 51.4 Å². The molecule has 8 heteroatoms. The zero-order valence-electron chi connectivity index (χ0n) is 16.4. The van der Waals surface area contributed by atoms with Crippen LogP contribution in [0.2, 0.25) is 0 Å². The Bertz CT molecular complexity index is 706. The Morgan fingerprint density at radius 3 is 2.74 bits per heavy atom. The van der Waals surface area contributed by atoms with Crippen molar-refractivity contribution in [3.8, 4) is 0 Å². The number of rotatable bonds is 7. The summed E-state index contributed by atoms with van der Waals surface area (Å²) in [6, 6.07) is 0. The number of hydrogen-bond donors (Lipinski definition) is 2. The first-order chi connectivity index (χ1) is 12.8. The standard InChI is InChI=1S/C19H32N6O.HI/c1-20-18(22-13-11-16-8-3-2-4-9-16)21-12-7-15-25-19(26)24-14-6-5-10-17(24)23-25;/h8H,2-7,9-15H2,1H3,(H2,20,21,22);1H. The molecule has 1 aliphatic heterocycles.